The first kappa shape index (κ1) is 12.2. The molecular weight excluding hydrogens is 292 g/mol. The zero-order valence-electron chi connectivity index (χ0n) is 10.7. The van der Waals surface area contributed by atoms with E-state index in [9.17, 15) is 0 Å². The van der Waals surface area contributed by atoms with Crippen LogP contribution in [0.2, 0.25) is 5.15 Å². The lowest BCUT2D eigenvalue weighted by molar-refractivity contribution is 0.808. The van der Waals surface area contributed by atoms with Crippen LogP contribution in [0.25, 0.3) is 5.65 Å². The number of aromatic nitrogens is 4. The van der Waals surface area contributed by atoms with Crippen LogP contribution in [0.15, 0.2) is 35.2 Å². The summed E-state index contributed by atoms with van der Waals surface area (Å²) in [5.74, 6) is 1.77. The Morgan fingerprint density at radius 1 is 1.30 bits per heavy atom. The highest BCUT2D eigenvalue weighted by atomic mass is 35.5. The molecule has 0 fully saturated rings. The summed E-state index contributed by atoms with van der Waals surface area (Å²) >= 11 is 7.81. The molecular formula is C14H11ClN4S. The van der Waals surface area contributed by atoms with E-state index in [1.165, 1.54) is 10.5 Å². The second kappa shape index (κ2) is 4.46. The monoisotopic (exact) mass is 302 g/mol. The zero-order chi connectivity index (χ0) is 13.7. The Kier molecular flexibility index (Phi) is 2.72. The van der Waals surface area contributed by atoms with Crippen LogP contribution in [0.1, 0.15) is 22.5 Å². The van der Waals surface area contributed by atoms with E-state index in [2.05, 4.69) is 39.4 Å². The number of benzene rings is 1. The molecule has 1 aliphatic heterocycles. The van der Waals surface area contributed by atoms with Gasteiger partial charge < -0.3 is 0 Å². The summed E-state index contributed by atoms with van der Waals surface area (Å²) in [6.45, 7) is 1.93. The lowest BCUT2D eigenvalue weighted by atomic mass is 10.1. The minimum absolute atomic E-state index is 0.282. The average molecular weight is 303 g/mol. The number of halogens is 1. The topological polar surface area (TPSA) is 43.1 Å². The van der Waals surface area contributed by atoms with E-state index in [0.29, 0.717) is 5.15 Å². The Morgan fingerprint density at radius 3 is 3.00 bits per heavy atom. The summed E-state index contributed by atoms with van der Waals surface area (Å²) in [6.07, 6.45) is 0.976. The van der Waals surface area contributed by atoms with Crippen LogP contribution in [0.3, 0.4) is 0 Å². The normalized spacial score (nSPS) is 17.6. The Morgan fingerprint density at radius 2 is 2.15 bits per heavy atom. The maximum Gasteiger partial charge on any atom is 0.165 e. The van der Waals surface area contributed by atoms with Gasteiger partial charge in [0.25, 0.3) is 0 Å². The minimum atomic E-state index is 0.282. The van der Waals surface area contributed by atoms with Crippen LogP contribution >= 0.6 is 23.4 Å². The summed E-state index contributed by atoms with van der Waals surface area (Å²) < 4.78 is 2.00. The van der Waals surface area contributed by atoms with Crippen LogP contribution < -0.4 is 0 Å². The second-order valence-electron chi connectivity index (χ2n) is 4.80. The van der Waals surface area contributed by atoms with Crippen LogP contribution in [-0.4, -0.2) is 19.6 Å². The van der Waals surface area contributed by atoms with Crippen molar-refractivity contribution >= 4 is 29.0 Å². The van der Waals surface area contributed by atoms with Gasteiger partial charge in [-0.3, -0.25) is 4.40 Å². The predicted molar refractivity (Wildman–Crippen MR) is 79.3 cm³/mol. The molecule has 2 aromatic heterocycles. The fourth-order valence-electron chi connectivity index (χ4n) is 2.61. The molecule has 0 spiro atoms. The van der Waals surface area contributed by atoms with Gasteiger partial charge in [0, 0.05) is 11.0 Å². The fraction of sp³-hybridized carbons (Fsp3) is 0.214. The Balaban J connectivity index is 1.82. The lowest BCUT2D eigenvalue weighted by Gasteiger charge is -2.08. The van der Waals surface area contributed by atoms with Crippen molar-refractivity contribution in [1.82, 2.24) is 19.6 Å². The van der Waals surface area contributed by atoms with Gasteiger partial charge in [-0.1, -0.05) is 29.8 Å². The largest absolute Gasteiger partial charge is 0.266 e. The Bertz CT molecular complexity index is 789. The number of fused-ring (bicyclic) bond motifs is 2. The molecule has 0 bridgehead atoms. The number of rotatable bonds is 1. The molecule has 1 atom stereocenters. The Labute approximate surface area is 125 Å². The lowest BCUT2D eigenvalue weighted by Crippen LogP contribution is -2.04. The maximum absolute atomic E-state index is 5.97. The van der Waals surface area contributed by atoms with E-state index in [1.807, 2.05) is 23.1 Å². The maximum atomic E-state index is 5.97. The molecule has 4 nitrogen and oxygen atoms in total. The van der Waals surface area contributed by atoms with Crippen LogP contribution in [0, 0.1) is 6.92 Å². The van der Waals surface area contributed by atoms with E-state index < -0.39 is 0 Å². The molecule has 3 heterocycles. The van der Waals surface area contributed by atoms with Gasteiger partial charge in [-0.05, 0) is 25.0 Å². The molecule has 4 rings (SSSR count). The molecule has 100 valence electrons. The van der Waals surface area contributed by atoms with Crippen molar-refractivity contribution in [1.29, 1.82) is 0 Å². The third-order valence-electron chi connectivity index (χ3n) is 3.49. The van der Waals surface area contributed by atoms with Crippen molar-refractivity contribution < 1.29 is 0 Å². The van der Waals surface area contributed by atoms with E-state index in [0.717, 1.165) is 23.7 Å². The molecule has 1 aliphatic rings. The van der Waals surface area contributed by atoms with Gasteiger partial charge in [-0.15, -0.1) is 22.0 Å². The molecule has 3 aromatic rings. The summed E-state index contributed by atoms with van der Waals surface area (Å²) in [4.78, 5) is 5.62. The van der Waals surface area contributed by atoms with Crippen molar-refractivity contribution in [3.63, 3.8) is 0 Å². The first-order valence-electron chi connectivity index (χ1n) is 6.35. The van der Waals surface area contributed by atoms with Crippen molar-refractivity contribution in [2.24, 2.45) is 0 Å². The molecule has 0 aliphatic carbocycles. The van der Waals surface area contributed by atoms with Crippen LogP contribution in [0.5, 0.6) is 0 Å². The molecule has 0 radical (unpaired) electrons. The molecule has 0 saturated carbocycles. The third kappa shape index (κ3) is 1.81. The predicted octanol–water partition coefficient (Wildman–Crippen LogP) is 3.48. The van der Waals surface area contributed by atoms with Crippen LogP contribution in [-0.2, 0) is 6.42 Å². The highest BCUT2D eigenvalue weighted by Crippen LogP contribution is 2.45. The van der Waals surface area contributed by atoms with Gasteiger partial charge in [-0.2, -0.15) is 0 Å². The summed E-state index contributed by atoms with van der Waals surface area (Å²) in [7, 11) is 0. The van der Waals surface area contributed by atoms with E-state index >= 15 is 0 Å². The highest BCUT2D eigenvalue weighted by molar-refractivity contribution is 7.99. The molecule has 0 amide bonds. The SMILES string of the molecule is Cc1nc(Cl)cc2nnc(C3Cc4ccccc4S3)n12. The number of thioether (sulfide) groups is 1. The van der Waals surface area contributed by atoms with E-state index in [1.54, 1.807) is 6.07 Å². The van der Waals surface area contributed by atoms with E-state index in [-0.39, 0.29) is 5.25 Å². The standard InChI is InChI=1S/C14H11ClN4S/c1-8-16-12(15)7-13-17-18-14(19(8)13)11-6-9-4-2-3-5-10(9)20-11/h2-5,7,11H,6H2,1H3. The van der Waals surface area contributed by atoms with Gasteiger partial charge in [0.15, 0.2) is 11.5 Å². The Hall–Kier alpha value is -1.59. The van der Waals surface area contributed by atoms with Gasteiger partial charge in [0.05, 0.1) is 5.25 Å². The van der Waals surface area contributed by atoms with Crippen molar-refractivity contribution in [3.8, 4) is 0 Å². The van der Waals surface area contributed by atoms with Gasteiger partial charge in [-0.25, -0.2) is 4.98 Å². The zero-order valence-corrected chi connectivity index (χ0v) is 12.3. The van der Waals surface area contributed by atoms with Crippen LogP contribution in [0.4, 0.5) is 0 Å². The average Bonchev–Trinajstić information content (AvgIpc) is 3.00. The van der Waals surface area contributed by atoms with E-state index in [4.69, 9.17) is 11.6 Å². The second-order valence-corrected chi connectivity index (χ2v) is 6.43. The summed E-state index contributed by atoms with van der Waals surface area (Å²) in [5, 5.41) is 9.32. The number of aryl methyl sites for hydroxylation is 1. The first-order valence-corrected chi connectivity index (χ1v) is 7.61. The summed E-state index contributed by atoms with van der Waals surface area (Å²) in [5.41, 5.74) is 2.13. The molecule has 1 unspecified atom stereocenters. The molecule has 20 heavy (non-hydrogen) atoms. The number of nitrogens with zero attached hydrogens (tertiary/aromatic N) is 4. The minimum Gasteiger partial charge on any atom is -0.266 e. The van der Waals surface area contributed by atoms with Gasteiger partial charge in [0.2, 0.25) is 0 Å². The smallest absolute Gasteiger partial charge is 0.165 e. The molecule has 1 aromatic carbocycles. The fourth-order valence-corrected chi connectivity index (χ4v) is 4.12. The van der Waals surface area contributed by atoms with Crippen molar-refractivity contribution in [2.45, 2.75) is 23.5 Å². The molecule has 0 saturated heterocycles. The first-order chi connectivity index (χ1) is 9.72. The summed E-state index contributed by atoms with van der Waals surface area (Å²) in [6, 6.07) is 10.2. The van der Waals surface area contributed by atoms with Crippen molar-refractivity contribution in [3.05, 3.63) is 52.7 Å². The van der Waals surface area contributed by atoms with Gasteiger partial charge in [0.1, 0.15) is 11.0 Å². The van der Waals surface area contributed by atoms with Crippen molar-refractivity contribution in [2.75, 3.05) is 0 Å². The highest BCUT2D eigenvalue weighted by Gasteiger charge is 2.28. The third-order valence-corrected chi connectivity index (χ3v) is 5.00. The number of hydrogen-bond donors (Lipinski definition) is 0. The quantitative estimate of drug-likeness (QED) is 0.646. The number of hydrogen-bond acceptors (Lipinski definition) is 4. The molecule has 6 heteroatoms. The van der Waals surface area contributed by atoms with Gasteiger partial charge >= 0.3 is 0 Å². The molecule has 0 N–H and O–H groups in total.